The van der Waals surface area contributed by atoms with Crippen LogP contribution in [0.4, 0.5) is 5.69 Å². The molecule has 9 nitrogen and oxygen atoms in total. The van der Waals surface area contributed by atoms with Crippen molar-refractivity contribution < 1.29 is 21.6 Å². The van der Waals surface area contributed by atoms with Crippen LogP contribution in [0.5, 0.6) is 0 Å². The Labute approximate surface area is 240 Å². The number of anilines is 1. The number of carbonyl (C=O) groups is 1. The number of nitrogens with two attached hydrogens (primary N) is 2. The van der Waals surface area contributed by atoms with Crippen molar-refractivity contribution >= 4 is 37.3 Å². The van der Waals surface area contributed by atoms with E-state index in [1.54, 1.807) is 62.5 Å². The number of aliphatic imine (C=N–C) groups is 1. The molecule has 4 aromatic carbocycles. The average molecular weight is 593 g/mol. The summed E-state index contributed by atoms with van der Waals surface area (Å²) in [4.78, 5) is 16.6. The van der Waals surface area contributed by atoms with E-state index in [0.29, 0.717) is 28.2 Å². The van der Waals surface area contributed by atoms with Gasteiger partial charge < -0.3 is 11.1 Å². The summed E-state index contributed by atoms with van der Waals surface area (Å²) in [5.74, 6) is 0.170. The first-order valence-electron chi connectivity index (χ1n) is 12.3. The Morgan fingerprint density at radius 1 is 0.805 bits per heavy atom. The van der Waals surface area contributed by atoms with Crippen LogP contribution >= 0.6 is 0 Å². The van der Waals surface area contributed by atoms with Gasteiger partial charge >= 0.3 is 0 Å². The van der Waals surface area contributed by atoms with Crippen molar-refractivity contribution in [3.05, 3.63) is 113 Å². The third-order valence-electron chi connectivity index (χ3n) is 6.09. The van der Waals surface area contributed by atoms with Crippen LogP contribution in [-0.4, -0.2) is 41.9 Å². The number of hydrogen-bond acceptors (Lipinski definition) is 6. The summed E-state index contributed by atoms with van der Waals surface area (Å²) in [6, 6.07) is 25.2. The van der Waals surface area contributed by atoms with Crippen LogP contribution in [0.25, 0.3) is 11.1 Å². The lowest BCUT2D eigenvalue weighted by Gasteiger charge is -2.11. The second kappa shape index (κ2) is 12.9. The lowest BCUT2D eigenvalue weighted by molar-refractivity contribution is 0.102. The minimum absolute atomic E-state index is 0.00424. The van der Waals surface area contributed by atoms with Crippen LogP contribution in [0.15, 0.2) is 106 Å². The third-order valence-corrected chi connectivity index (χ3v) is 8.17. The first kappa shape index (κ1) is 31.2. The minimum atomic E-state index is -3.90. The van der Waals surface area contributed by atoms with Crippen LogP contribution in [0, 0.1) is 13.8 Å². The maximum Gasteiger partial charge on any atom is 0.255 e. The highest BCUT2D eigenvalue weighted by Gasteiger charge is 2.16. The summed E-state index contributed by atoms with van der Waals surface area (Å²) >= 11 is 0. The van der Waals surface area contributed by atoms with Crippen LogP contribution in [-0.2, 0) is 19.9 Å². The van der Waals surface area contributed by atoms with Crippen LogP contribution < -0.4 is 16.2 Å². The Bertz CT molecular complexity index is 1820. The Kier molecular flexibility index (Phi) is 9.82. The predicted octanol–water partition coefficient (Wildman–Crippen LogP) is 4.30. The molecule has 0 fully saturated rings. The number of amides is 1. The van der Waals surface area contributed by atoms with E-state index in [-0.39, 0.29) is 9.79 Å². The Balaban J connectivity index is 0.000000352. The molecule has 0 spiro atoms. The Hall–Kier alpha value is -4.32. The van der Waals surface area contributed by atoms with Gasteiger partial charge in [0, 0.05) is 35.7 Å². The molecule has 4 rings (SSSR count). The number of hydrogen-bond donors (Lipinski definition) is 3. The number of amidine groups is 1. The fraction of sp³-hybridized carbons (Fsp3) is 0.133. The first-order valence-corrected chi connectivity index (χ1v) is 15.8. The summed E-state index contributed by atoms with van der Waals surface area (Å²) in [5.41, 5.74) is 10.3. The molecule has 0 unspecified atom stereocenters. The van der Waals surface area contributed by atoms with E-state index >= 15 is 0 Å². The molecule has 1 amide bonds. The van der Waals surface area contributed by atoms with E-state index in [2.05, 4.69) is 10.3 Å². The maximum atomic E-state index is 12.6. The highest BCUT2D eigenvalue weighted by atomic mass is 32.2. The average Bonchev–Trinajstić information content (AvgIpc) is 2.93. The summed E-state index contributed by atoms with van der Waals surface area (Å²) in [7, 11) is -5.61. The summed E-state index contributed by atoms with van der Waals surface area (Å²) in [6.07, 6.45) is 1.10. The van der Waals surface area contributed by atoms with Gasteiger partial charge in [0.2, 0.25) is 10.0 Å². The maximum absolute atomic E-state index is 12.6. The summed E-state index contributed by atoms with van der Waals surface area (Å²) in [5, 5.41) is 8.00. The fourth-order valence-corrected chi connectivity index (χ4v) is 5.26. The molecule has 4 aromatic rings. The molecule has 11 heteroatoms. The van der Waals surface area contributed by atoms with Gasteiger partial charge in [0.15, 0.2) is 9.84 Å². The van der Waals surface area contributed by atoms with Gasteiger partial charge in [0.25, 0.3) is 5.91 Å². The molecule has 0 radical (unpaired) electrons. The van der Waals surface area contributed by atoms with E-state index in [0.717, 1.165) is 17.4 Å². The SMILES string of the molecule is CN=C(N)c1cccc(C)c1.Cc1ccc(S(C)(=O)=O)cc1NC(=O)c1ccc(-c2ccccc2S(N)(=O)=O)cc1. The number of rotatable bonds is 6. The number of sulfonamides is 1. The fourth-order valence-electron chi connectivity index (χ4n) is 3.85. The molecule has 41 heavy (non-hydrogen) atoms. The third kappa shape index (κ3) is 8.34. The highest BCUT2D eigenvalue weighted by Crippen LogP contribution is 2.27. The molecule has 0 bridgehead atoms. The number of sulfone groups is 1. The van der Waals surface area contributed by atoms with Gasteiger partial charge in [-0.3, -0.25) is 9.79 Å². The van der Waals surface area contributed by atoms with Crippen LogP contribution in [0.2, 0.25) is 0 Å². The second-order valence-electron chi connectivity index (χ2n) is 9.30. The molecular weight excluding hydrogens is 560 g/mol. The summed E-state index contributed by atoms with van der Waals surface area (Å²) < 4.78 is 47.1. The zero-order chi connectivity index (χ0) is 30.4. The van der Waals surface area contributed by atoms with Gasteiger partial charge in [-0.25, -0.2) is 22.0 Å². The number of nitrogens with one attached hydrogen (secondary N) is 1. The molecule has 214 valence electrons. The van der Waals surface area contributed by atoms with Crippen molar-refractivity contribution in [3.63, 3.8) is 0 Å². The Morgan fingerprint density at radius 2 is 1.46 bits per heavy atom. The van der Waals surface area contributed by atoms with Crippen molar-refractivity contribution in [1.29, 1.82) is 0 Å². The van der Waals surface area contributed by atoms with Crippen molar-refractivity contribution in [1.82, 2.24) is 0 Å². The van der Waals surface area contributed by atoms with Crippen molar-refractivity contribution in [2.24, 2.45) is 15.9 Å². The Morgan fingerprint density at radius 3 is 2.05 bits per heavy atom. The number of carbonyl (C=O) groups excluding carboxylic acids is 1. The molecule has 0 atom stereocenters. The molecule has 0 aromatic heterocycles. The van der Waals surface area contributed by atoms with Crippen molar-refractivity contribution in [3.8, 4) is 11.1 Å². The molecule has 0 saturated heterocycles. The van der Waals surface area contributed by atoms with Gasteiger partial charge in [0.1, 0.15) is 5.84 Å². The number of primary sulfonamides is 1. The van der Waals surface area contributed by atoms with E-state index < -0.39 is 25.8 Å². The van der Waals surface area contributed by atoms with Gasteiger partial charge in [0.05, 0.1) is 9.79 Å². The topological polar surface area (TPSA) is 162 Å². The summed E-state index contributed by atoms with van der Waals surface area (Å²) in [6.45, 7) is 3.79. The largest absolute Gasteiger partial charge is 0.384 e. The first-order chi connectivity index (χ1) is 19.2. The van der Waals surface area contributed by atoms with Gasteiger partial charge in [-0.05, 0) is 61.4 Å². The monoisotopic (exact) mass is 592 g/mol. The number of benzene rings is 4. The smallest absolute Gasteiger partial charge is 0.255 e. The van der Waals surface area contributed by atoms with E-state index in [9.17, 15) is 21.6 Å². The zero-order valence-electron chi connectivity index (χ0n) is 23.1. The molecular formula is C30H32N4O5S2. The molecule has 0 heterocycles. The lowest BCUT2D eigenvalue weighted by atomic mass is 10.0. The van der Waals surface area contributed by atoms with Gasteiger partial charge in [-0.2, -0.15) is 0 Å². The second-order valence-corrected chi connectivity index (χ2v) is 12.8. The standard InChI is InChI=1S/C21H20N2O5S2.C9H12N2/c1-14-7-12-17(29(2,25)26)13-19(14)23-21(24)16-10-8-15(9-11-16)18-5-3-4-6-20(18)30(22,27)28;1-7-4-3-5-8(6-7)9(10)11-2/h3-13H,1-2H3,(H,23,24)(H2,22,27,28);3-6H,1-2H3,(H2,10,11). The normalized spacial score (nSPS) is 11.8. The highest BCUT2D eigenvalue weighted by molar-refractivity contribution is 7.90. The molecule has 0 aliphatic carbocycles. The lowest BCUT2D eigenvalue weighted by Crippen LogP contribution is -2.14. The van der Waals surface area contributed by atoms with Crippen LogP contribution in [0.3, 0.4) is 0 Å². The van der Waals surface area contributed by atoms with E-state index in [4.69, 9.17) is 10.9 Å². The van der Waals surface area contributed by atoms with Gasteiger partial charge in [-0.1, -0.05) is 60.2 Å². The van der Waals surface area contributed by atoms with Crippen molar-refractivity contribution in [2.75, 3.05) is 18.6 Å². The molecule has 0 aliphatic rings. The minimum Gasteiger partial charge on any atom is -0.384 e. The van der Waals surface area contributed by atoms with E-state index in [1.165, 1.54) is 23.8 Å². The zero-order valence-corrected chi connectivity index (χ0v) is 24.8. The molecule has 0 aliphatic heterocycles. The number of aryl methyl sites for hydroxylation is 2. The molecule has 5 N–H and O–H groups in total. The van der Waals surface area contributed by atoms with Crippen LogP contribution in [0.1, 0.15) is 27.0 Å². The quantitative estimate of drug-likeness (QED) is 0.223. The van der Waals surface area contributed by atoms with E-state index in [1.807, 2.05) is 31.2 Å². The number of nitrogens with zero attached hydrogens (tertiary/aromatic N) is 1. The predicted molar refractivity (Wildman–Crippen MR) is 163 cm³/mol. The van der Waals surface area contributed by atoms with Gasteiger partial charge in [-0.15, -0.1) is 0 Å². The molecule has 0 saturated carbocycles. The van der Waals surface area contributed by atoms with Crippen molar-refractivity contribution in [2.45, 2.75) is 23.6 Å².